The normalized spacial score (nSPS) is 15.5. The molecule has 0 heterocycles. The van der Waals surface area contributed by atoms with Crippen LogP contribution in [0.25, 0.3) is 0 Å². The van der Waals surface area contributed by atoms with Crippen LogP contribution in [0.3, 0.4) is 0 Å². The van der Waals surface area contributed by atoms with Gasteiger partial charge in [-0.25, -0.2) is 0 Å². The summed E-state index contributed by atoms with van der Waals surface area (Å²) in [6.07, 6.45) is 3.86. The minimum atomic E-state index is -0.834. The Morgan fingerprint density at radius 1 is 1.00 bits per heavy atom. The van der Waals surface area contributed by atoms with E-state index in [0.717, 1.165) is 42.5 Å². The average molecular weight is 393 g/mol. The van der Waals surface area contributed by atoms with E-state index in [0.29, 0.717) is 11.4 Å². The number of nitrogens with one attached hydrogen (secondary N) is 1. The van der Waals surface area contributed by atoms with Gasteiger partial charge >= 0.3 is 5.97 Å². The Labute approximate surface area is 171 Å². The number of carbonyl (C=O) groups excluding carboxylic acids is 1. The van der Waals surface area contributed by atoms with E-state index in [1.54, 1.807) is 0 Å². The maximum Gasteiger partial charge on any atom is 0.303 e. The molecule has 0 spiro atoms. The largest absolute Gasteiger partial charge is 0.481 e. The first-order chi connectivity index (χ1) is 13.9. The number of rotatable bonds is 7. The molecule has 1 aliphatic carbocycles. The van der Waals surface area contributed by atoms with Gasteiger partial charge in [0.1, 0.15) is 0 Å². The van der Waals surface area contributed by atoms with Crippen LogP contribution in [0.15, 0.2) is 52.7 Å². The number of carboxylic acid groups (broad SMARTS) is 1. The first-order valence-electron chi connectivity index (χ1n) is 9.97. The third kappa shape index (κ3) is 5.50. The molecule has 3 rings (SSSR count). The Morgan fingerprint density at radius 2 is 1.72 bits per heavy atom. The lowest BCUT2D eigenvalue weighted by atomic mass is 9.79. The van der Waals surface area contributed by atoms with Gasteiger partial charge in [-0.3, -0.25) is 9.59 Å². The number of aryl methyl sites for hydroxylation is 2. The summed E-state index contributed by atoms with van der Waals surface area (Å²) in [5, 5.41) is 20.7. The SMILES string of the molecule is Cc1ccccc1N=Nc1ccc(NC(=O)CC2(CC(=O)O)CCCC2)c(C)c1. The molecular formula is C23H27N3O3. The number of nitrogens with zero attached hydrogens (tertiary/aromatic N) is 2. The summed E-state index contributed by atoms with van der Waals surface area (Å²) >= 11 is 0. The molecule has 0 aromatic heterocycles. The molecule has 2 N–H and O–H groups in total. The number of hydrogen-bond donors (Lipinski definition) is 2. The second-order valence-electron chi connectivity index (χ2n) is 7.99. The van der Waals surface area contributed by atoms with Gasteiger partial charge in [0, 0.05) is 12.1 Å². The van der Waals surface area contributed by atoms with E-state index in [9.17, 15) is 14.7 Å². The van der Waals surface area contributed by atoms with Crippen molar-refractivity contribution in [3.63, 3.8) is 0 Å². The molecule has 1 aliphatic rings. The van der Waals surface area contributed by atoms with Crippen LogP contribution in [0, 0.1) is 19.3 Å². The Balaban J connectivity index is 1.66. The predicted molar refractivity (Wildman–Crippen MR) is 113 cm³/mol. The zero-order valence-electron chi connectivity index (χ0n) is 16.9. The highest BCUT2D eigenvalue weighted by molar-refractivity contribution is 5.92. The van der Waals surface area contributed by atoms with Crippen molar-refractivity contribution in [1.29, 1.82) is 0 Å². The van der Waals surface area contributed by atoms with Gasteiger partial charge in [0.25, 0.3) is 0 Å². The fourth-order valence-corrected chi connectivity index (χ4v) is 4.03. The third-order valence-corrected chi connectivity index (χ3v) is 5.60. The van der Waals surface area contributed by atoms with Crippen molar-refractivity contribution in [2.24, 2.45) is 15.6 Å². The van der Waals surface area contributed by atoms with Crippen LogP contribution in [0.1, 0.15) is 49.7 Å². The Morgan fingerprint density at radius 3 is 2.38 bits per heavy atom. The van der Waals surface area contributed by atoms with Gasteiger partial charge in [-0.1, -0.05) is 31.0 Å². The molecule has 0 unspecified atom stereocenters. The quantitative estimate of drug-likeness (QED) is 0.558. The summed E-state index contributed by atoms with van der Waals surface area (Å²) in [6, 6.07) is 13.3. The number of carboxylic acids is 1. The van der Waals surface area contributed by atoms with Crippen molar-refractivity contribution < 1.29 is 14.7 Å². The molecule has 6 heteroatoms. The molecule has 0 radical (unpaired) electrons. The van der Waals surface area contributed by atoms with Crippen LogP contribution >= 0.6 is 0 Å². The number of azo groups is 1. The third-order valence-electron chi connectivity index (χ3n) is 5.60. The summed E-state index contributed by atoms with van der Waals surface area (Å²) in [5.41, 5.74) is 3.78. The smallest absolute Gasteiger partial charge is 0.303 e. The predicted octanol–water partition coefficient (Wildman–Crippen LogP) is 6.08. The first-order valence-corrected chi connectivity index (χ1v) is 9.97. The molecule has 152 valence electrons. The van der Waals surface area contributed by atoms with Gasteiger partial charge in [-0.15, -0.1) is 0 Å². The fraction of sp³-hybridized carbons (Fsp3) is 0.391. The summed E-state index contributed by atoms with van der Waals surface area (Å²) < 4.78 is 0. The number of aliphatic carboxylic acids is 1. The van der Waals surface area contributed by atoms with Crippen molar-refractivity contribution in [2.75, 3.05) is 5.32 Å². The zero-order chi connectivity index (χ0) is 20.9. The van der Waals surface area contributed by atoms with Crippen LogP contribution in [-0.2, 0) is 9.59 Å². The highest BCUT2D eigenvalue weighted by atomic mass is 16.4. The summed E-state index contributed by atoms with van der Waals surface area (Å²) in [4.78, 5) is 23.8. The first kappa shape index (κ1) is 20.7. The van der Waals surface area contributed by atoms with Crippen LogP contribution in [0.4, 0.5) is 17.1 Å². The van der Waals surface area contributed by atoms with Gasteiger partial charge in [0.15, 0.2) is 0 Å². The molecule has 1 fully saturated rings. The topological polar surface area (TPSA) is 91.1 Å². The fourth-order valence-electron chi connectivity index (χ4n) is 4.03. The van der Waals surface area contributed by atoms with Crippen molar-refractivity contribution in [3.05, 3.63) is 53.6 Å². The van der Waals surface area contributed by atoms with E-state index in [2.05, 4.69) is 15.5 Å². The maximum atomic E-state index is 12.6. The minimum Gasteiger partial charge on any atom is -0.481 e. The van der Waals surface area contributed by atoms with Crippen molar-refractivity contribution in [1.82, 2.24) is 0 Å². The number of anilines is 1. The monoisotopic (exact) mass is 393 g/mol. The lowest BCUT2D eigenvalue weighted by Gasteiger charge is -2.26. The molecule has 1 saturated carbocycles. The molecule has 0 bridgehead atoms. The molecule has 2 aromatic rings. The number of carbonyl (C=O) groups is 2. The summed E-state index contributed by atoms with van der Waals surface area (Å²) in [6.45, 7) is 3.89. The Kier molecular flexibility index (Phi) is 6.42. The highest BCUT2D eigenvalue weighted by Gasteiger charge is 2.38. The number of hydrogen-bond acceptors (Lipinski definition) is 4. The zero-order valence-corrected chi connectivity index (χ0v) is 16.9. The van der Waals surface area contributed by atoms with E-state index >= 15 is 0 Å². The van der Waals surface area contributed by atoms with E-state index in [1.807, 2.05) is 56.3 Å². The summed E-state index contributed by atoms with van der Waals surface area (Å²) in [5.74, 6) is -0.968. The lowest BCUT2D eigenvalue weighted by molar-refractivity contribution is -0.140. The van der Waals surface area contributed by atoms with E-state index in [1.165, 1.54) is 0 Å². The standard InChI is InChI=1S/C23H27N3O3/c1-16-7-3-4-8-20(16)26-25-18-9-10-19(17(2)13-18)24-21(27)14-23(15-22(28)29)11-5-6-12-23/h3-4,7-10,13H,5-6,11-12,14-15H2,1-2H3,(H,24,27)(H,28,29). The van der Waals surface area contributed by atoms with Gasteiger partial charge in [-0.05, 0) is 67.5 Å². The van der Waals surface area contributed by atoms with E-state index in [-0.39, 0.29) is 18.7 Å². The van der Waals surface area contributed by atoms with Crippen LogP contribution in [0.5, 0.6) is 0 Å². The van der Waals surface area contributed by atoms with Gasteiger partial charge < -0.3 is 10.4 Å². The maximum absolute atomic E-state index is 12.6. The van der Waals surface area contributed by atoms with Crippen molar-refractivity contribution in [3.8, 4) is 0 Å². The molecule has 1 amide bonds. The van der Waals surface area contributed by atoms with Gasteiger partial charge in [-0.2, -0.15) is 10.2 Å². The van der Waals surface area contributed by atoms with Crippen LogP contribution < -0.4 is 5.32 Å². The minimum absolute atomic E-state index is 0.0532. The molecule has 0 saturated heterocycles. The summed E-state index contributed by atoms with van der Waals surface area (Å²) in [7, 11) is 0. The van der Waals surface area contributed by atoms with Crippen LogP contribution in [0.2, 0.25) is 0 Å². The molecule has 29 heavy (non-hydrogen) atoms. The van der Waals surface area contributed by atoms with E-state index in [4.69, 9.17) is 0 Å². The number of amides is 1. The van der Waals surface area contributed by atoms with E-state index < -0.39 is 11.4 Å². The molecule has 0 aliphatic heterocycles. The van der Waals surface area contributed by atoms with Crippen molar-refractivity contribution >= 4 is 28.9 Å². The van der Waals surface area contributed by atoms with Gasteiger partial charge in [0.2, 0.25) is 5.91 Å². The molecule has 0 atom stereocenters. The van der Waals surface area contributed by atoms with Crippen LogP contribution in [-0.4, -0.2) is 17.0 Å². The molecule has 2 aromatic carbocycles. The average Bonchev–Trinajstić information content (AvgIpc) is 3.10. The van der Waals surface area contributed by atoms with Crippen molar-refractivity contribution in [2.45, 2.75) is 52.4 Å². The highest BCUT2D eigenvalue weighted by Crippen LogP contribution is 2.44. The molecular weight excluding hydrogens is 366 g/mol. The van der Waals surface area contributed by atoms with Gasteiger partial charge in [0.05, 0.1) is 17.8 Å². The Hall–Kier alpha value is -3.02. The number of benzene rings is 2. The second-order valence-corrected chi connectivity index (χ2v) is 7.99. The Bertz CT molecular complexity index is 931. The second kappa shape index (κ2) is 8.99. The molecule has 6 nitrogen and oxygen atoms in total. The lowest BCUT2D eigenvalue weighted by Crippen LogP contribution is -2.27.